The maximum Gasteiger partial charge on any atom is 0.206 e. The molecule has 0 unspecified atom stereocenters. The monoisotopic (exact) mass is 313 g/mol. The molecule has 8 heteroatoms. The molecular weight excluding hydrogens is 301 g/mol. The Morgan fingerprint density at radius 2 is 1.78 bits per heavy atom. The van der Waals surface area contributed by atoms with Crippen molar-refractivity contribution < 1.29 is 14.2 Å². The highest BCUT2D eigenvalue weighted by Crippen LogP contribution is 2.19. The second-order valence-corrected chi connectivity index (χ2v) is 4.50. The van der Waals surface area contributed by atoms with Gasteiger partial charge in [0.25, 0.3) is 0 Å². The summed E-state index contributed by atoms with van der Waals surface area (Å²) in [6.45, 7) is 0. The third-order valence-corrected chi connectivity index (χ3v) is 2.92. The van der Waals surface area contributed by atoms with E-state index in [-0.39, 0.29) is 23.2 Å². The SMILES string of the molecule is ONC(=Nc1ccccc1)c1nonc1Nc1ccc(F)cc1. The molecule has 0 aliphatic carbocycles. The molecule has 0 aliphatic rings. The molecule has 0 bridgehead atoms. The van der Waals surface area contributed by atoms with Gasteiger partial charge in [-0.15, -0.1) is 0 Å². The first-order valence-corrected chi connectivity index (χ1v) is 6.65. The summed E-state index contributed by atoms with van der Waals surface area (Å²) in [7, 11) is 0. The Morgan fingerprint density at radius 3 is 2.48 bits per heavy atom. The van der Waals surface area contributed by atoms with Gasteiger partial charge in [0.2, 0.25) is 5.82 Å². The van der Waals surface area contributed by atoms with Crippen LogP contribution < -0.4 is 10.8 Å². The summed E-state index contributed by atoms with van der Waals surface area (Å²) in [5.41, 5.74) is 3.35. The van der Waals surface area contributed by atoms with E-state index in [2.05, 4.69) is 20.6 Å². The predicted molar refractivity (Wildman–Crippen MR) is 81.5 cm³/mol. The Kier molecular flexibility index (Phi) is 4.25. The lowest BCUT2D eigenvalue weighted by atomic mass is 10.3. The molecule has 1 aromatic heterocycles. The number of nitrogens with one attached hydrogen (secondary N) is 2. The van der Waals surface area contributed by atoms with Gasteiger partial charge in [-0.1, -0.05) is 18.2 Å². The minimum atomic E-state index is -0.350. The van der Waals surface area contributed by atoms with Crippen LogP contribution in [0.2, 0.25) is 0 Å². The topological polar surface area (TPSA) is 95.6 Å². The van der Waals surface area contributed by atoms with Crippen LogP contribution in [0.25, 0.3) is 0 Å². The van der Waals surface area contributed by atoms with Crippen LogP contribution >= 0.6 is 0 Å². The van der Waals surface area contributed by atoms with Crippen molar-refractivity contribution in [2.75, 3.05) is 5.32 Å². The van der Waals surface area contributed by atoms with Crippen LogP contribution in [0.4, 0.5) is 21.6 Å². The maximum absolute atomic E-state index is 12.9. The van der Waals surface area contributed by atoms with Crippen molar-refractivity contribution in [3.63, 3.8) is 0 Å². The molecule has 3 N–H and O–H groups in total. The van der Waals surface area contributed by atoms with Crippen LogP contribution in [0.3, 0.4) is 0 Å². The molecule has 3 aromatic rings. The fraction of sp³-hybridized carbons (Fsp3) is 0. The van der Waals surface area contributed by atoms with Gasteiger partial charge in [0.05, 0.1) is 5.69 Å². The quantitative estimate of drug-likeness (QED) is 0.389. The number of hydrogen-bond acceptors (Lipinski definition) is 6. The fourth-order valence-corrected chi connectivity index (χ4v) is 1.86. The number of aliphatic imine (C=N–C) groups is 1. The molecule has 2 aromatic carbocycles. The Hall–Kier alpha value is -3.26. The van der Waals surface area contributed by atoms with Gasteiger partial charge in [-0.3, -0.25) is 10.7 Å². The number of anilines is 2. The van der Waals surface area contributed by atoms with E-state index in [1.807, 2.05) is 23.7 Å². The number of hydrogen-bond donors (Lipinski definition) is 3. The third kappa shape index (κ3) is 3.50. The molecule has 0 fully saturated rings. The average molecular weight is 313 g/mol. The number of rotatable bonds is 4. The summed E-state index contributed by atoms with van der Waals surface area (Å²) in [5, 5.41) is 19.7. The van der Waals surface area contributed by atoms with Crippen molar-refractivity contribution >= 4 is 23.0 Å². The van der Waals surface area contributed by atoms with E-state index in [0.717, 1.165) is 0 Å². The molecule has 1 heterocycles. The van der Waals surface area contributed by atoms with Gasteiger partial charge in [0.15, 0.2) is 11.5 Å². The van der Waals surface area contributed by atoms with Crippen molar-refractivity contribution in [3.8, 4) is 0 Å². The lowest BCUT2D eigenvalue weighted by Crippen LogP contribution is -2.21. The van der Waals surface area contributed by atoms with Gasteiger partial charge in [-0.05, 0) is 46.7 Å². The fourth-order valence-electron chi connectivity index (χ4n) is 1.86. The summed E-state index contributed by atoms with van der Waals surface area (Å²) in [4.78, 5) is 4.23. The molecule has 3 rings (SSSR count). The van der Waals surface area contributed by atoms with E-state index < -0.39 is 0 Å². The highest BCUT2D eigenvalue weighted by atomic mass is 19.1. The van der Waals surface area contributed by atoms with Crippen molar-refractivity contribution in [2.45, 2.75) is 0 Å². The number of aromatic nitrogens is 2. The highest BCUT2D eigenvalue weighted by molar-refractivity contribution is 6.01. The van der Waals surface area contributed by atoms with Crippen LogP contribution in [0.1, 0.15) is 5.69 Å². The first kappa shape index (κ1) is 14.7. The number of halogens is 1. The van der Waals surface area contributed by atoms with Gasteiger partial charge in [0.1, 0.15) is 5.82 Å². The van der Waals surface area contributed by atoms with Gasteiger partial charge >= 0.3 is 0 Å². The first-order valence-electron chi connectivity index (χ1n) is 6.65. The average Bonchev–Trinajstić information content (AvgIpc) is 3.04. The van der Waals surface area contributed by atoms with Crippen molar-refractivity contribution in [3.05, 3.63) is 66.1 Å². The molecule has 23 heavy (non-hydrogen) atoms. The number of amidine groups is 1. The molecule has 0 saturated carbocycles. The zero-order chi connectivity index (χ0) is 16.1. The normalized spacial score (nSPS) is 11.3. The van der Waals surface area contributed by atoms with Crippen molar-refractivity contribution in [1.82, 2.24) is 15.8 Å². The van der Waals surface area contributed by atoms with E-state index in [1.54, 1.807) is 12.1 Å². The molecule has 116 valence electrons. The van der Waals surface area contributed by atoms with Crippen molar-refractivity contribution in [2.24, 2.45) is 4.99 Å². The molecule has 0 amide bonds. The van der Waals surface area contributed by atoms with E-state index in [0.29, 0.717) is 11.4 Å². The van der Waals surface area contributed by atoms with Gasteiger partial charge in [0, 0.05) is 5.69 Å². The highest BCUT2D eigenvalue weighted by Gasteiger charge is 2.16. The van der Waals surface area contributed by atoms with Crippen LogP contribution in [0.15, 0.2) is 64.2 Å². The standard InChI is InChI=1S/C15H12FN5O2/c16-10-6-8-12(9-7-10)18-15-13(20-23-21-15)14(19-22)17-11-4-2-1-3-5-11/h1-9,22H,(H,17,19)(H,18,21). The lowest BCUT2D eigenvalue weighted by molar-refractivity contribution is 0.234. The smallest absolute Gasteiger partial charge is 0.206 e. The molecule has 0 saturated heterocycles. The van der Waals surface area contributed by atoms with E-state index in [9.17, 15) is 9.60 Å². The van der Waals surface area contributed by atoms with Crippen LogP contribution in [-0.4, -0.2) is 21.4 Å². The van der Waals surface area contributed by atoms with E-state index >= 15 is 0 Å². The van der Waals surface area contributed by atoms with Gasteiger partial charge in [-0.25, -0.2) is 14.0 Å². The maximum atomic E-state index is 12.9. The Morgan fingerprint density at radius 1 is 1.04 bits per heavy atom. The molecular formula is C15H12FN5O2. The third-order valence-electron chi connectivity index (χ3n) is 2.92. The Bertz CT molecular complexity index is 802. The van der Waals surface area contributed by atoms with E-state index in [1.165, 1.54) is 24.3 Å². The predicted octanol–water partition coefficient (Wildman–Crippen LogP) is 3.01. The second-order valence-electron chi connectivity index (χ2n) is 4.50. The number of hydroxylamine groups is 1. The number of benzene rings is 2. The second kappa shape index (κ2) is 6.67. The molecule has 0 atom stereocenters. The summed E-state index contributed by atoms with van der Waals surface area (Å²) >= 11 is 0. The summed E-state index contributed by atoms with van der Waals surface area (Å²) in [5.74, 6) is -0.0627. The lowest BCUT2D eigenvalue weighted by Gasteiger charge is -2.05. The number of nitrogens with zero attached hydrogens (tertiary/aromatic N) is 3. The Labute approximate surface area is 130 Å². The van der Waals surface area contributed by atoms with Crippen molar-refractivity contribution in [1.29, 1.82) is 0 Å². The molecule has 0 radical (unpaired) electrons. The minimum absolute atomic E-state index is 0.0575. The van der Waals surface area contributed by atoms with Crippen LogP contribution in [-0.2, 0) is 0 Å². The first-order chi connectivity index (χ1) is 11.3. The van der Waals surface area contributed by atoms with Crippen LogP contribution in [0, 0.1) is 5.82 Å². The molecule has 7 nitrogen and oxygen atoms in total. The number of para-hydroxylation sites is 1. The minimum Gasteiger partial charge on any atom is -0.335 e. The largest absolute Gasteiger partial charge is 0.335 e. The molecule has 0 aliphatic heterocycles. The zero-order valence-corrected chi connectivity index (χ0v) is 11.8. The van der Waals surface area contributed by atoms with Gasteiger partial charge < -0.3 is 5.32 Å². The molecule has 0 spiro atoms. The summed E-state index contributed by atoms with van der Waals surface area (Å²) < 4.78 is 17.6. The van der Waals surface area contributed by atoms with E-state index in [4.69, 9.17) is 4.63 Å². The summed E-state index contributed by atoms with van der Waals surface area (Å²) in [6.07, 6.45) is 0. The van der Waals surface area contributed by atoms with Crippen LogP contribution in [0.5, 0.6) is 0 Å². The van der Waals surface area contributed by atoms with Gasteiger partial charge in [-0.2, -0.15) is 0 Å². The summed E-state index contributed by atoms with van der Waals surface area (Å²) in [6, 6.07) is 14.7. The Balaban J connectivity index is 1.89. The zero-order valence-electron chi connectivity index (χ0n) is 11.8.